The van der Waals surface area contributed by atoms with E-state index in [1.165, 1.54) is 11.3 Å². The highest BCUT2D eigenvalue weighted by atomic mass is 32.1. The molecule has 0 aromatic carbocycles. The van der Waals surface area contributed by atoms with Crippen LogP contribution in [0.3, 0.4) is 0 Å². The lowest BCUT2D eigenvalue weighted by atomic mass is 10.2. The Balaban J connectivity index is 2.52. The van der Waals surface area contributed by atoms with Gasteiger partial charge in [-0.2, -0.15) is 0 Å². The maximum absolute atomic E-state index is 11.8. The zero-order valence-electron chi connectivity index (χ0n) is 9.51. The summed E-state index contributed by atoms with van der Waals surface area (Å²) in [5, 5.41) is 14.0. The van der Waals surface area contributed by atoms with Gasteiger partial charge in [-0.15, -0.1) is 11.3 Å². The Kier molecular flexibility index (Phi) is 5.37. The number of rotatable bonds is 6. The van der Waals surface area contributed by atoms with Crippen LogP contribution >= 0.6 is 11.3 Å². The third kappa shape index (κ3) is 3.55. The van der Waals surface area contributed by atoms with Crippen LogP contribution in [0.15, 0.2) is 11.6 Å². The minimum atomic E-state index is -0.263. The molecule has 1 amide bonds. The molecule has 0 saturated carbocycles. The van der Waals surface area contributed by atoms with Gasteiger partial charge in [0.1, 0.15) is 0 Å². The molecule has 1 unspecified atom stereocenters. The lowest BCUT2D eigenvalue weighted by molar-refractivity contribution is -0.120. The summed E-state index contributed by atoms with van der Waals surface area (Å²) in [6.07, 6.45) is 1.65. The van der Waals surface area contributed by atoms with Crippen molar-refractivity contribution >= 4 is 22.4 Å². The van der Waals surface area contributed by atoms with Crippen molar-refractivity contribution in [3.8, 4) is 0 Å². The van der Waals surface area contributed by atoms with Crippen molar-refractivity contribution in [1.29, 1.82) is 0 Å². The number of aliphatic hydroxyl groups is 1. The van der Waals surface area contributed by atoms with E-state index in [-0.39, 0.29) is 18.6 Å². The largest absolute Gasteiger partial charge is 0.395 e. The molecular weight excluding hydrogens is 226 g/mol. The van der Waals surface area contributed by atoms with Crippen LogP contribution in [0, 0.1) is 0 Å². The molecule has 1 aromatic rings. The number of anilines is 1. The van der Waals surface area contributed by atoms with E-state index in [9.17, 15) is 4.79 Å². The first-order valence-corrected chi connectivity index (χ1v) is 6.12. The zero-order chi connectivity index (χ0) is 12.0. The van der Waals surface area contributed by atoms with Gasteiger partial charge in [-0.3, -0.25) is 9.69 Å². The lowest BCUT2D eigenvalue weighted by Crippen LogP contribution is -2.43. The van der Waals surface area contributed by atoms with E-state index in [1.54, 1.807) is 6.20 Å². The first kappa shape index (κ1) is 13.1. The topological polar surface area (TPSA) is 65.5 Å². The standard InChI is InChI=1S/C10H17N3O2S/c1-3-13(5-6-14)8(2)9(15)12-10-11-4-7-16-10/h4,7-8,14H,3,5-6H2,1-2H3,(H,11,12,15). The first-order valence-electron chi connectivity index (χ1n) is 5.24. The summed E-state index contributed by atoms with van der Waals surface area (Å²) >= 11 is 1.39. The molecule has 5 nitrogen and oxygen atoms in total. The highest BCUT2D eigenvalue weighted by Crippen LogP contribution is 2.11. The molecule has 0 aliphatic heterocycles. The number of likely N-dealkylation sites (N-methyl/N-ethyl adjacent to an activating group) is 1. The Bertz CT molecular complexity index is 316. The van der Waals surface area contributed by atoms with Gasteiger partial charge in [-0.25, -0.2) is 4.98 Å². The summed E-state index contributed by atoms with van der Waals surface area (Å²) < 4.78 is 0. The van der Waals surface area contributed by atoms with Crippen molar-refractivity contribution in [2.75, 3.05) is 25.0 Å². The highest BCUT2D eigenvalue weighted by molar-refractivity contribution is 7.13. The molecule has 1 rings (SSSR count). The number of carbonyl (C=O) groups is 1. The maximum Gasteiger partial charge on any atom is 0.243 e. The Morgan fingerprint density at radius 2 is 2.50 bits per heavy atom. The number of nitrogens with one attached hydrogen (secondary N) is 1. The van der Waals surface area contributed by atoms with Gasteiger partial charge in [0.25, 0.3) is 0 Å². The molecule has 0 radical (unpaired) electrons. The normalized spacial score (nSPS) is 12.8. The number of aromatic nitrogens is 1. The number of hydrogen-bond acceptors (Lipinski definition) is 5. The summed E-state index contributed by atoms with van der Waals surface area (Å²) in [4.78, 5) is 17.7. The zero-order valence-corrected chi connectivity index (χ0v) is 10.3. The van der Waals surface area contributed by atoms with Crippen LogP contribution in [0.1, 0.15) is 13.8 Å². The number of carbonyl (C=O) groups excluding carboxylic acids is 1. The SMILES string of the molecule is CCN(CCO)C(C)C(=O)Nc1nccs1. The fraction of sp³-hybridized carbons (Fsp3) is 0.600. The minimum Gasteiger partial charge on any atom is -0.395 e. The third-order valence-electron chi connectivity index (χ3n) is 2.38. The maximum atomic E-state index is 11.8. The summed E-state index contributed by atoms with van der Waals surface area (Å²) in [6.45, 7) is 5.07. The molecule has 1 atom stereocenters. The summed E-state index contributed by atoms with van der Waals surface area (Å²) in [5.74, 6) is -0.0924. The predicted molar refractivity (Wildman–Crippen MR) is 64.5 cm³/mol. The van der Waals surface area contributed by atoms with E-state index in [0.29, 0.717) is 11.7 Å². The van der Waals surface area contributed by atoms with Crippen molar-refractivity contribution in [2.24, 2.45) is 0 Å². The van der Waals surface area contributed by atoms with E-state index in [4.69, 9.17) is 5.11 Å². The van der Waals surface area contributed by atoms with Gasteiger partial charge in [-0.05, 0) is 13.5 Å². The molecule has 0 spiro atoms. The van der Waals surface area contributed by atoms with Crippen molar-refractivity contribution < 1.29 is 9.90 Å². The molecule has 0 fully saturated rings. The smallest absolute Gasteiger partial charge is 0.243 e. The second-order valence-corrected chi connectivity index (χ2v) is 4.25. The van der Waals surface area contributed by atoms with Gasteiger partial charge < -0.3 is 10.4 Å². The lowest BCUT2D eigenvalue weighted by Gasteiger charge is -2.25. The van der Waals surface area contributed by atoms with Gasteiger partial charge >= 0.3 is 0 Å². The van der Waals surface area contributed by atoms with Crippen LogP contribution in [0.5, 0.6) is 0 Å². The molecule has 1 heterocycles. The van der Waals surface area contributed by atoms with Crippen molar-refractivity contribution in [3.63, 3.8) is 0 Å². The number of hydrogen-bond donors (Lipinski definition) is 2. The molecule has 0 bridgehead atoms. The molecule has 0 saturated heterocycles. The third-order valence-corrected chi connectivity index (χ3v) is 3.07. The molecule has 1 aromatic heterocycles. The van der Waals surface area contributed by atoms with Gasteiger partial charge in [0.2, 0.25) is 5.91 Å². The van der Waals surface area contributed by atoms with Crippen LogP contribution in [0.2, 0.25) is 0 Å². The number of nitrogens with zero attached hydrogens (tertiary/aromatic N) is 2. The fourth-order valence-electron chi connectivity index (χ4n) is 1.41. The van der Waals surface area contributed by atoms with Crippen LogP contribution < -0.4 is 5.32 Å². The van der Waals surface area contributed by atoms with Crippen LogP contribution in [0.4, 0.5) is 5.13 Å². The Morgan fingerprint density at radius 3 is 3.00 bits per heavy atom. The second-order valence-electron chi connectivity index (χ2n) is 3.35. The Morgan fingerprint density at radius 1 is 1.75 bits per heavy atom. The molecular formula is C10H17N3O2S. The van der Waals surface area contributed by atoms with Gasteiger partial charge in [0.15, 0.2) is 5.13 Å². The predicted octanol–water partition coefficient (Wildman–Crippen LogP) is 0.784. The molecule has 6 heteroatoms. The van der Waals surface area contributed by atoms with Crippen molar-refractivity contribution in [2.45, 2.75) is 19.9 Å². The highest BCUT2D eigenvalue weighted by Gasteiger charge is 2.19. The van der Waals surface area contributed by atoms with Crippen LogP contribution in [0.25, 0.3) is 0 Å². The van der Waals surface area contributed by atoms with E-state index >= 15 is 0 Å². The average molecular weight is 243 g/mol. The van der Waals surface area contributed by atoms with E-state index in [0.717, 1.165) is 6.54 Å². The molecule has 0 aliphatic rings. The Labute approximate surface area is 99.1 Å². The molecule has 90 valence electrons. The molecule has 0 aliphatic carbocycles. The van der Waals surface area contributed by atoms with Gasteiger partial charge in [0, 0.05) is 18.1 Å². The Hall–Kier alpha value is -0.980. The van der Waals surface area contributed by atoms with E-state index in [2.05, 4.69) is 10.3 Å². The van der Waals surface area contributed by atoms with E-state index in [1.807, 2.05) is 24.1 Å². The van der Waals surface area contributed by atoms with Crippen molar-refractivity contribution in [1.82, 2.24) is 9.88 Å². The molecule has 2 N–H and O–H groups in total. The van der Waals surface area contributed by atoms with Gasteiger partial charge in [-0.1, -0.05) is 6.92 Å². The molecule has 16 heavy (non-hydrogen) atoms. The minimum absolute atomic E-state index is 0.0582. The summed E-state index contributed by atoms with van der Waals surface area (Å²) in [6, 6.07) is -0.263. The van der Waals surface area contributed by atoms with Crippen molar-refractivity contribution in [3.05, 3.63) is 11.6 Å². The average Bonchev–Trinajstić information content (AvgIpc) is 2.77. The summed E-state index contributed by atoms with van der Waals surface area (Å²) in [5.41, 5.74) is 0. The summed E-state index contributed by atoms with van der Waals surface area (Å²) in [7, 11) is 0. The first-order chi connectivity index (χ1) is 7.69. The van der Waals surface area contributed by atoms with E-state index < -0.39 is 0 Å². The quantitative estimate of drug-likeness (QED) is 0.775. The van der Waals surface area contributed by atoms with Gasteiger partial charge in [0.05, 0.1) is 12.6 Å². The number of aliphatic hydroxyl groups excluding tert-OH is 1. The fourth-order valence-corrected chi connectivity index (χ4v) is 1.95. The number of thiazole rings is 1. The number of amides is 1. The van der Waals surface area contributed by atoms with Crippen LogP contribution in [-0.2, 0) is 4.79 Å². The van der Waals surface area contributed by atoms with Crippen LogP contribution in [-0.4, -0.2) is 46.6 Å². The second kappa shape index (κ2) is 6.57. The monoisotopic (exact) mass is 243 g/mol.